The molecule has 2 nitrogen and oxygen atoms in total. The Morgan fingerprint density at radius 3 is 1.83 bits per heavy atom. The van der Waals surface area contributed by atoms with Gasteiger partial charge in [0.25, 0.3) is 0 Å². The summed E-state index contributed by atoms with van der Waals surface area (Å²) in [6.07, 6.45) is -9.08. The Kier molecular flexibility index (Phi) is 3.78. The van der Waals surface area contributed by atoms with E-state index in [0.717, 1.165) is 18.2 Å². The molecule has 0 atom stereocenters. The monoisotopic (exact) mass is 272 g/mol. The van der Waals surface area contributed by atoms with Crippen LogP contribution in [0.1, 0.15) is 5.56 Å². The number of benzene rings is 1. The third-order valence-corrected chi connectivity index (χ3v) is 1.65. The van der Waals surface area contributed by atoms with Gasteiger partial charge in [0, 0.05) is 0 Å². The van der Waals surface area contributed by atoms with Crippen LogP contribution < -0.4 is 9.47 Å². The van der Waals surface area contributed by atoms with Crippen molar-refractivity contribution in [3.05, 3.63) is 30.3 Å². The molecular formula is C10H6F6O2. The molecular weight excluding hydrogens is 266 g/mol. The van der Waals surface area contributed by atoms with Gasteiger partial charge in [-0.2, -0.15) is 0 Å². The predicted octanol–water partition coefficient (Wildman–Crippen LogP) is 4.13. The average Bonchev–Trinajstić information content (AvgIpc) is 2.16. The molecule has 0 aliphatic carbocycles. The van der Waals surface area contributed by atoms with Crippen molar-refractivity contribution in [2.75, 3.05) is 0 Å². The Morgan fingerprint density at radius 2 is 1.39 bits per heavy atom. The van der Waals surface area contributed by atoms with Crippen molar-refractivity contribution in [1.82, 2.24) is 0 Å². The highest BCUT2D eigenvalue weighted by Crippen LogP contribution is 2.36. The summed E-state index contributed by atoms with van der Waals surface area (Å²) in [7, 11) is 0. The SMILES string of the molecule is C=Cc1ccc(OC(F)(F)F)c(OC(F)(F)F)c1. The van der Waals surface area contributed by atoms with Crippen molar-refractivity contribution in [2.24, 2.45) is 0 Å². The van der Waals surface area contributed by atoms with Crippen LogP contribution >= 0.6 is 0 Å². The molecule has 0 spiro atoms. The molecule has 100 valence electrons. The minimum Gasteiger partial charge on any atom is -0.402 e. The highest BCUT2D eigenvalue weighted by atomic mass is 19.4. The van der Waals surface area contributed by atoms with E-state index >= 15 is 0 Å². The lowest BCUT2D eigenvalue weighted by atomic mass is 10.2. The molecule has 18 heavy (non-hydrogen) atoms. The first kappa shape index (κ1) is 14.2. The van der Waals surface area contributed by atoms with E-state index < -0.39 is 24.2 Å². The number of hydrogen-bond donors (Lipinski definition) is 0. The van der Waals surface area contributed by atoms with Crippen LogP contribution in [0, 0.1) is 0 Å². The van der Waals surface area contributed by atoms with Crippen LogP contribution in [0.5, 0.6) is 11.5 Å². The van der Waals surface area contributed by atoms with E-state index in [1.54, 1.807) is 0 Å². The van der Waals surface area contributed by atoms with Crippen molar-refractivity contribution in [1.29, 1.82) is 0 Å². The van der Waals surface area contributed by atoms with E-state index in [9.17, 15) is 26.3 Å². The van der Waals surface area contributed by atoms with Gasteiger partial charge in [0.2, 0.25) is 0 Å². The summed E-state index contributed by atoms with van der Waals surface area (Å²) in [6.45, 7) is 3.27. The molecule has 1 aromatic rings. The molecule has 0 N–H and O–H groups in total. The van der Waals surface area contributed by atoms with Gasteiger partial charge in [-0.25, -0.2) is 0 Å². The lowest BCUT2D eigenvalue weighted by Crippen LogP contribution is -2.21. The highest BCUT2D eigenvalue weighted by Gasteiger charge is 2.36. The second-order valence-corrected chi connectivity index (χ2v) is 3.01. The Bertz CT molecular complexity index is 435. The summed E-state index contributed by atoms with van der Waals surface area (Å²) in [6, 6.07) is 2.56. The van der Waals surface area contributed by atoms with Crippen molar-refractivity contribution in [3.63, 3.8) is 0 Å². The van der Waals surface area contributed by atoms with Crippen LogP contribution in [-0.4, -0.2) is 12.7 Å². The molecule has 0 unspecified atom stereocenters. The first-order chi connectivity index (χ1) is 8.11. The topological polar surface area (TPSA) is 18.5 Å². The number of alkyl halides is 6. The quantitative estimate of drug-likeness (QED) is 0.770. The van der Waals surface area contributed by atoms with Gasteiger partial charge < -0.3 is 9.47 Å². The average molecular weight is 272 g/mol. The third-order valence-electron chi connectivity index (χ3n) is 1.65. The zero-order valence-corrected chi connectivity index (χ0v) is 8.60. The third kappa shape index (κ3) is 4.56. The fourth-order valence-electron chi connectivity index (χ4n) is 1.07. The summed E-state index contributed by atoms with van der Waals surface area (Å²) in [5.74, 6) is -2.16. The van der Waals surface area contributed by atoms with Gasteiger partial charge in [-0.3, -0.25) is 0 Å². The smallest absolute Gasteiger partial charge is 0.402 e. The van der Waals surface area contributed by atoms with E-state index in [1.165, 1.54) is 0 Å². The molecule has 0 saturated carbocycles. The van der Waals surface area contributed by atoms with Gasteiger partial charge in [0.15, 0.2) is 11.5 Å². The molecule has 0 heterocycles. The van der Waals surface area contributed by atoms with Gasteiger partial charge in [0.1, 0.15) is 0 Å². The van der Waals surface area contributed by atoms with E-state index in [2.05, 4.69) is 16.1 Å². The number of halogens is 6. The summed E-state index contributed by atoms with van der Waals surface area (Å²) >= 11 is 0. The first-order valence-corrected chi connectivity index (χ1v) is 4.39. The Balaban J connectivity index is 3.12. The molecule has 0 aliphatic rings. The fourth-order valence-corrected chi connectivity index (χ4v) is 1.07. The van der Waals surface area contributed by atoms with Crippen LogP contribution in [0.4, 0.5) is 26.3 Å². The van der Waals surface area contributed by atoms with Crippen LogP contribution in [-0.2, 0) is 0 Å². The zero-order valence-electron chi connectivity index (χ0n) is 8.60. The molecule has 8 heteroatoms. The predicted molar refractivity (Wildman–Crippen MR) is 49.9 cm³/mol. The van der Waals surface area contributed by atoms with Crippen LogP contribution in [0.15, 0.2) is 24.8 Å². The van der Waals surface area contributed by atoms with Crippen LogP contribution in [0.3, 0.4) is 0 Å². The molecule has 0 bridgehead atoms. The maximum absolute atomic E-state index is 12.0. The fraction of sp³-hybridized carbons (Fsp3) is 0.200. The number of ether oxygens (including phenoxy) is 2. The minimum absolute atomic E-state index is 0.156. The normalized spacial score (nSPS) is 12.1. The largest absolute Gasteiger partial charge is 0.573 e. The van der Waals surface area contributed by atoms with Gasteiger partial charge in [-0.05, 0) is 17.7 Å². The first-order valence-electron chi connectivity index (χ1n) is 4.39. The standard InChI is InChI=1S/C10H6F6O2/c1-2-6-3-4-7(17-9(11,12)13)8(5-6)18-10(14,15)16/h2-5H,1H2. The summed E-state index contributed by atoms with van der Waals surface area (Å²) in [5.41, 5.74) is 0.156. The summed E-state index contributed by atoms with van der Waals surface area (Å²) < 4.78 is 78.8. The second kappa shape index (κ2) is 4.79. The molecule has 0 aliphatic heterocycles. The van der Waals surface area contributed by atoms with E-state index in [1.807, 2.05) is 0 Å². The molecule has 0 radical (unpaired) electrons. The van der Waals surface area contributed by atoms with Crippen molar-refractivity contribution in [2.45, 2.75) is 12.7 Å². The Hall–Kier alpha value is -1.86. The molecule has 0 saturated heterocycles. The lowest BCUT2D eigenvalue weighted by Gasteiger charge is -2.15. The number of rotatable bonds is 3. The van der Waals surface area contributed by atoms with Crippen molar-refractivity contribution < 1.29 is 35.8 Å². The maximum Gasteiger partial charge on any atom is 0.573 e. The molecule has 1 rings (SSSR count). The molecule has 1 aromatic carbocycles. The minimum atomic E-state index is -5.12. The van der Waals surface area contributed by atoms with Crippen LogP contribution in [0.25, 0.3) is 6.08 Å². The van der Waals surface area contributed by atoms with E-state index in [-0.39, 0.29) is 5.56 Å². The lowest BCUT2D eigenvalue weighted by molar-refractivity contribution is -0.287. The summed E-state index contributed by atoms with van der Waals surface area (Å²) in [5, 5.41) is 0. The van der Waals surface area contributed by atoms with Gasteiger partial charge >= 0.3 is 12.7 Å². The van der Waals surface area contributed by atoms with Gasteiger partial charge in [-0.15, -0.1) is 26.3 Å². The maximum atomic E-state index is 12.0. The highest BCUT2D eigenvalue weighted by molar-refractivity contribution is 5.54. The van der Waals surface area contributed by atoms with Gasteiger partial charge in [0.05, 0.1) is 0 Å². The Morgan fingerprint density at radius 1 is 0.889 bits per heavy atom. The van der Waals surface area contributed by atoms with Crippen LogP contribution in [0.2, 0.25) is 0 Å². The van der Waals surface area contributed by atoms with Crippen molar-refractivity contribution >= 4 is 6.08 Å². The van der Waals surface area contributed by atoms with E-state index in [4.69, 9.17) is 0 Å². The molecule has 0 amide bonds. The molecule has 0 aromatic heterocycles. The van der Waals surface area contributed by atoms with E-state index in [0.29, 0.717) is 6.07 Å². The van der Waals surface area contributed by atoms with Crippen molar-refractivity contribution in [3.8, 4) is 11.5 Å². The molecule has 0 fully saturated rings. The second-order valence-electron chi connectivity index (χ2n) is 3.01. The summed E-state index contributed by atoms with van der Waals surface area (Å²) in [4.78, 5) is 0. The number of hydrogen-bond acceptors (Lipinski definition) is 2. The zero-order chi connectivity index (χ0) is 14.0. The van der Waals surface area contributed by atoms with Gasteiger partial charge in [-0.1, -0.05) is 18.7 Å². The Labute approximate surface area is 97.4 Å².